The third-order valence-corrected chi connectivity index (χ3v) is 8.27. The summed E-state index contributed by atoms with van der Waals surface area (Å²) in [6.45, 7) is 0. The molecule has 5 nitrogen and oxygen atoms in total. The van der Waals surface area contributed by atoms with Gasteiger partial charge in [-0.05, 0) is 34.5 Å². The highest BCUT2D eigenvalue weighted by molar-refractivity contribution is 7.21. The quantitative estimate of drug-likeness (QED) is 0.185. The fraction of sp³-hybridized carbons (Fsp3) is 0.0345. The standard InChI is InChI=1S/C29H16Cl2N2O3S/c30-21-9-4-10-23-25(21)26(31)27(37-23)29(34)35-16-11-12-19-22(13-16)36-28(33)20(14-32)24(19)18-8-3-6-15-5-1-2-7-17(15)18/h1-13,24H,33H2. The molecule has 180 valence electrons. The number of halogens is 2. The summed E-state index contributed by atoms with van der Waals surface area (Å²) in [6, 6.07) is 26.6. The molecule has 0 saturated heterocycles. The molecular weight excluding hydrogens is 527 g/mol. The lowest BCUT2D eigenvalue weighted by molar-refractivity contribution is 0.0740. The Kier molecular flexibility index (Phi) is 5.77. The highest BCUT2D eigenvalue weighted by Crippen LogP contribution is 2.45. The Bertz CT molecular complexity index is 1810. The van der Waals surface area contributed by atoms with Crippen LogP contribution in [0.25, 0.3) is 20.9 Å². The summed E-state index contributed by atoms with van der Waals surface area (Å²) in [4.78, 5) is 13.3. The molecule has 0 bridgehead atoms. The monoisotopic (exact) mass is 542 g/mol. The maximum Gasteiger partial charge on any atom is 0.355 e. The van der Waals surface area contributed by atoms with E-state index in [4.69, 9.17) is 38.4 Å². The Morgan fingerprint density at radius 3 is 2.59 bits per heavy atom. The number of nitriles is 1. The van der Waals surface area contributed by atoms with E-state index in [2.05, 4.69) is 6.07 Å². The molecule has 1 atom stereocenters. The maximum atomic E-state index is 13.0. The van der Waals surface area contributed by atoms with Gasteiger partial charge in [-0.15, -0.1) is 11.3 Å². The van der Waals surface area contributed by atoms with Gasteiger partial charge in [0, 0.05) is 21.7 Å². The van der Waals surface area contributed by atoms with Gasteiger partial charge in [-0.25, -0.2) is 4.79 Å². The average molecular weight is 543 g/mol. The van der Waals surface area contributed by atoms with Crippen LogP contribution in [0.15, 0.2) is 90.3 Å². The average Bonchev–Trinajstić information content (AvgIpc) is 3.25. The van der Waals surface area contributed by atoms with Gasteiger partial charge in [0.25, 0.3) is 0 Å². The molecular formula is C29H16Cl2N2O3S. The highest BCUT2D eigenvalue weighted by Gasteiger charge is 2.32. The highest BCUT2D eigenvalue weighted by atomic mass is 35.5. The van der Waals surface area contributed by atoms with Crippen LogP contribution >= 0.6 is 34.5 Å². The zero-order chi connectivity index (χ0) is 25.7. The van der Waals surface area contributed by atoms with Crippen LogP contribution in [0.2, 0.25) is 10.0 Å². The molecule has 0 radical (unpaired) electrons. The molecule has 5 aromatic rings. The van der Waals surface area contributed by atoms with E-state index in [1.54, 1.807) is 30.3 Å². The van der Waals surface area contributed by atoms with Gasteiger partial charge in [-0.2, -0.15) is 5.26 Å². The molecule has 2 heterocycles. The summed E-state index contributed by atoms with van der Waals surface area (Å²) in [5.74, 6) is -0.370. The second kappa shape index (κ2) is 9.13. The predicted molar refractivity (Wildman–Crippen MR) is 146 cm³/mol. The topological polar surface area (TPSA) is 85.3 Å². The van der Waals surface area contributed by atoms with Gasteiger partial charge in [-0.3, -0.25) is 0 Å². The number of nitrogens with zero attached hydrogens (tertiary/aromatic N) is 1. The Morgan fingerprint density at radius 1 is 1.00 bits per heavy atom. The van der Waals surface area contributed by atoms with Crippen LogP contribution in [0.1, 0.15) is 26.7 Å². The van der Waals surface area contributed by atoms with E-state index < -0.39 is 11.9 Å². The molecule has 0 saturated carbocycles. The molecule has 1 aliphatic rings. The van der Waals surface area contributed by atoms with Gasteiger partial charge in [0.05, 0.1) is 16.0 Å². The van der Waals surface area contributed by atoms with Crippen molar-refractivity contribution in [3.8, 4) is 17.6 Å². The largest absolute Gasteiger partial charge is 0.440 e. The first-order chi connectivity index (χ1) is 18.0. The smallest absolute Gasteiger partial charge is 0.355 e. The number of thiophene rings is 1. The number of carbonyl (C=O) groups excluding carboxylic acids is 1. The minimum absolute atomic E-state index is 0.0126. The summed E-state index contributed by atoms with van der Waals surface area (Å²) >= 11 is 14.0. The normalized spacial score (nSPS) is 14.8. The Balaban J connectivity index is 1.39. The third-order valence-electron chi connectivity index (χ3n) is 6.33. The summed E-state index contributed by atoms with van der Waals surface area (Å²) in [6.07, 6.45) is 0. The van der Waals surface area contributed by atoms with Crippen LogP contribution in [0.4, 0.5) is 0 Å². The van der Waals surface area contributed by atoms with Crippen LogP contribution in [-0.4, -0.2) is 5.97 Å². The molecule has 0 spiro atoms. The molecule has 6 rings (SSSR count). The lowest BCUT2D eigenvalue weighted by Gasteiger charge is -2.27. The molecule has 4 aromatic carbocycles. The fourth-order valence-corrected chi connectivity index (χ4v) is 6.50. The number of carbonyl (C=O) groups is 1. The maximum absolute atomic E-state index is 13.0. The number of ether oxygens (including phenoxy) is 2. The summed E-state index contributed by atoms with van der Waals surface area (Å²) in [5, 5.41) is 13.3. The zero-order valence-electron chi connectivity index (χ0n) is 19.0. The van der Waals surface area contributed by atoms with Crippen molar-refractivity contribution in [2.24, 2.45) is 5.73 Å². The molecule has 2 N–H and O–H groups in total. The second-order valence-electron chi connectivity index (χ2n) is 8.44. The van der Waals surface area contributed by atoms with Crippen molar-refractivity contribution in [1.82, 2.24) is 0 Å². The number of nitrogens with two attached hydrogens (primary N) is 1. The van der Waals surface area contributed by atoms with Gasteiger partial charge in [0.2, 0.25) is 5.88 Å². The molecule has 0 aliphatic carbocycles. The van der Waals surface area contributed by atoms with Crippen molar-refractivity contribution < 1.29 is 14.3 Å². The molecule has 1 aliphatic heterocycles. The van der Waals surface area contributed by atoms with Crippen molar-refractivity contribution >= 4 is 61.4 Å². The van der Waals surface area contributed by atoms with Crippen LogP contribution in [-0.2, 0) is 0 Å². The van der Waals surface area contributed by atoms with Crippen molar-refractivity contribution in [1.29, 1.82) is 5.26 Å². The molecule has 1 aromatic heterocycles. The summed E-state index contributed by atoms with van der Waals surface area (Å²) < 4.78 is 12.3. The van der Waals surface area contributed by atoms with Gasteiger partial charge in [0.1, 0.15) is 28.0 Å². The van der Waals surface area contributed by atoms with Crippen LogP contribution in [0, 0.1) is 11.3 Å². The molecule has 0 amide bonds. The third kappa shape index (κ3) is 3.89. The van der Waals surface area contributed by atoms with Crippen LogP contribution in [0.5, 0.6) is 11.5 Å². The number of allylic oxidation sites excluding steroid dienone is 1. The van der Waals surface area contributed by atoms with E-state index >= 15 is 0 Å². The van der Waals surface area contributed by atoms with E-state index in [-0.39, 0.29) is 21.5 Å². The predicted octanol–water partition coefficient (Wildman–Crippen LogP) is 7.80. The fourth-order valence-electron chi connectivity index (χ4n) is 4.68. The van der Waals surface area contributed by atoms with E-state index in [9.17, 15) is 10.1 Å². The molecule has 37 heavy (non-hydrogen) atoms. The van der Waals surface area contributed by atoms with Gasteiger partial charge < -0.3 is 15.2 Å². The second-order valence-corrected chi connectivity index (χ2v) is 10.3. The first kappa shape index (κ1) is 23.4. The minimum atomic E-state index is -0.607. The number of hydrogen-bond donors (Lipinski definition) is 1. The van der Waals surface area contributed by atoms with Crippen LogP contribution < -0.4 is 15.2 Å². The first-order valence-corrected chi connectivity index (χ1v) is 12.8. The number of benzene rings is 4. The minimum Gasteiger partial charge on any atom is -0.440 e. The van der Waals surface area contributed by atoms with E-state index in [1.807, 2.05) is 48.5 Å². The lowest BCUT2D eigenvalue weighted by atomic mass is 9.81. The van der Waals surface area contributed by atoms with Gasteiger partial charge in [-0.1, -0.05) is 77.8 Å². The van der Waals surface area contributed by atoms with Crippen molar-refractivity contribution in [3.63, 3.8) is 0 Å². The molecule has 1 unspecified atom stereocenters. The van der Waals surface area contributed by atoms with Crippen molar-refractivity contribution in [2.45, 2.75) is 5.92 Å². The van der Waals surface area contributed by atoms with Crippen molar-refractivity contribution in [3.05, 3.63) is 116 Å². The number of hydrogen-bond acceptors (Lipinski definition) is 6. The lowest BCUT2D eigenvalue weighted by Crippen LogP contribution is -2.21. The van der Waals surface area contributed by atoms with Gasteiger partial charge >= 0.3 is 5.97 Å². The zero-order valence-corrected chi connectivity index (χ0v) is 21.3. The Labute approximate surface area is 225 Å². The summed E-state index contributed by atoms with van der Waals surface area (Å²) in [7, 11) is 0. The number of esters is 1. The van der Waals surface area contributed by atoms with Gasteiger partial charge in [0.15, 0.2) is 0 Å². The Morgan fingerprint density at radius 2 is 1.78 bits per heavy atom. The first-order valence-electron chi connectivity index (χ1n) is 11.2. The molecule has 8 heteroatoms. The van der Waals surface area contributed by atoms with E-state index in [0.717, 1.165) is 26.6 Å². The number of fused-ring (bicyclic) bond motifs is 3. The van der Waals surface area contributed by atoms with Crippen molar-refractivity contribution in [2.75, 3.05) is 0 Å². The van der Waals surface area contributed by atoms with E-state index in [1.165, 1.54) is 11.3 Å². The SMILES string of the molecule is N#CC1=C(N)Oc2cc(OC(=O)c3sc4cccc(Cl)c4c3Cl)ccc2C1c1cccc2ccccc12. The van der Waals surface area contributed by atoms with Crippen LogP contribution in [0.3, 0.4) is 0 Å². The Hall–Kier alpha value is -4.02. The molecule has 0 fully saturated rings. The number of rotatable bonds is 3. The van der Waals surface area contributed by atoms with E-state index in [0.29, 0.717) is 21.7 Å². The summed E-state index contributed by atoms with van der Waals surface area (Å²) in [5.41, 5.74) is 8.19.